The van der Waals surface area contributed by atoms with Crippen LogP contribution >= 0.6 is 0 Å². The quantitative estimate of drug-likeness (QED) is 0.598. The van der Waals surface area contributed by atoms with Crippen LogP contribution in [0.25, 0.3) is 0 Å². The number of benzene rings is 1. The van der Waals surface area contributed by atoms with Crippen LogP contribution in [0.2, 0.25) is 0 Å². The summed E-state index contributed by atoms with van der Waals surface area (Å²) in [7, 11) is 0. The first kappa shape index (κ1) is 13.4. The normalized spacial score (nSPS) is 15.8. The lowest BCUT2D eigenvalue weighted by Crippen LogP contribution is -2.48. The second-order valence-corrected chi connectivity index (χ2v) is 4.59. The Kier molecular flexibility index (Phi) is 3.76. The average Bonchev–Trinajstić information content (AvgIpc) is 2.37. The summed E-state index contributed by atoms with van der Waals surface area (Å²) in [6, 6.07) is 5.33. The van der Waals surface area contributed by atoms with Gasteiger partial charge < -0.3 is 4.74 Å². The van der Waals surface area contributed by atoms with Gasteiger partial charge in [0.15, 0.2) is 5.78 Å². The van der Waals surface area contributed by atoms with Crippen molar-refractivity contribution in [3.05, 3.63) is 34.9 Å². The van der Waals surface area contributed by atoms with Gasteiger partial charge in [-0.05, 0) is 31.0 Å². The Bertz CT molecular complexity index is 534. The molecule has 0 saturated carbocycles. The Labute approximate surface area is 111 Å². The maximum absolute atomic E-state index is 12.1. The SMILES string of the molecule is Cc1ccc(C(=O)CN2C(=O)COCC2=O)cc1C. The number of nitrogens with zero attached hydrogens (tertiary/aromatic N) is 1. The van der Waals surface area contributed by atoms with E-state index in [0.29, 0.717) is 5.56 Å². The van der Waals surface area contributed by atoms with Gasteiger partial charge in [0.25, 0.3) is 11.8 Å². The molecule has 0 radical (unpaired) electrons. The number of ether oxygens (including phenoxy) is 1. The largest absolute Gasteiger partial charge is 0.362 e. The van der Waals surface area contributed by atoms with Crippen molar-refractivity contribution in [2.75, 3.05) is 19.8 Å². The van der Waals surface area contributed by atoms with E-state index in [9.17, 15) is 14.4 Å². The Morgan fingerprint density at radius 1 is 1.16 bits per heavy atom. The fourth-order valence-corrected chi connectivity index (χ4v) is 1.85. The van der Waals surface area contributed by atoms with Crippen molar-refractivity contribution in [1.29, 1.82) is 0 Å². The van der Waals surface area contributed by atoms with Crippen molar-refractivity contribution < 1.29 is 19.1 Å². The van der Waals surface area contributed by atoms with Gasteiger partial charge >= 0.3 is 0 Å². The third kappa shape index (κ3) is 2.88. The third-order valence-corrected chi connectivity index (χ3v) is 3.18. The van der Waals surface area contributed by atoms with E-state index in [-0.39, 0.29) is 25.5 Å². The number of imide groups is 1. The lowest BCUT2D eigenvalue weighted by atomic mass is 10.0. The van der Waals surface area contributed by atoms with Crippen molar-refractivity contribution in [2.45, 2.75) is 13.8 Å². The van der Waals surface area contributed by atoms with Crippen LogP contribution in [0.3, 0.4) is 0 Å². The highest BCUT2D eigenvalue weighted by Gasteiger charge is 2.28. The number of aryl methyl sites for hydroxylation is 2. The van der Waals surface area contributed by atoms with Crippen LogP contribution in [0.15, 0.2) is 18.2 Å². The van der Waals surface area contributed by atoms with Crippen LogP contribution in [0.4, 0.5) is 0 Å². The molecular formula is C14H15NO4. The van der Waals surface area contributed by atoms with Crippen LogP contribution in [-0.4, -0.2) is 42.3 Å². The van der Waals surface area contributed by atoms with E-state index < -0.39 is 11.8 Å². The van der Waals surface area contributed by atoms with Gasteiger partial charge in [-0.15, -0.1) is 0 Å². The molecule has 5 heteroatoms. The summed E-state index contributed by atoms with van der Waals surface area (Å²) in [6.07, 6.45) is 0. The number of rotatable bonds is 3. The molecule has 2 rings (SSSR count). The molecule has 1 aromatic rings. The predicted octanol–water partition coefficient (Wildman–Crippen LogP) is 0.872. The number of hydrogen-bond donors (Lipinski definition) is 0. The number of carbonyl (C=O) groups is 3. The molecule has 5 nitrogen and oxygen atoms in total. The number of hydrogen-bond acceptors (Lipinski definition) is 4. The molecule has 1 heterocycles. The smallest absolute Gasteiger partial charge is 0.255 e. The first-order valence-electron chi connectivity index (χ1n) is 6.00. The molecule has 0 N–H and O–H groups in total. The minimum atomic E-state index is -0.464. The van der Waals surface area contributed by atoms with E-state index in [1.54, 1.807) is 12.1 Å². The molecule has 0 spiro atoms. The monoisotopic (exact) mass is 261 g/mol. The molecule has 1 aromatic carbocycles. The van der Waals surface area contributed by atoms with Gasteiger partial charge in [0.1, 0.15) is 13.2 Å². The summed E-state index contributed by atoms with van der Waals surface area (Å²) in [5.74, 6) is -1.17. The lowest BCUT2D eigenvalue weighted by Gasteiger charge is -2.24. The van der Waals surface area contributed by atoms with Crippen molar-refractivity contribution >= 4 is 17.6 Å². The molecule has 0 atom stereocenters. The van der Waals surface area contributed by atoms with Crippen LogP contribution in [0.5, 0.6) is 0 Å². The van der Waals surface area contributed by atoms with Gasteiger partial charge in [0, 0.05) is 5.56 Å². The fourth-order valence-electron chi connectivity index (χ4n) is 1.85. The number of carbonyl (C=O) groups excluding carboxylic acids is 3. The second-order valence-electron chi connectivity index (χ2n) is 4.59. The molecule has 2 amide bonds. The molecule has 100 valence electrons. The van der Waals surface area contributed by atoms with Crippen LogP contribution < -0.4 is 0 Å². The fraction of sp³-hybridized carbons (Fsp3) is 0.357. The molecule has 1 aliphatic rings. The zero-order valence-corrected chi connectivity index (χ0v) is 10.9. The highest BCUT2D eigenvalue weighted by molar-refractivity contribution is 6.05. The molecule has 1 aliphatic heterocycles. The molecule has 0 unspecified atom stereocenters. The van der Waals surface area contributed by atoms with E-state index in [4.69, 9.17) is 4.74 Å². The number of Topliss-reactive ketones (excluding diaryl/α,β-unsaturated/α-hetero) is 1. The van der Waals surface area contributed by atoms with Crippen molar-refractivity contribution in [3.63, 3.8) is 0 Å². The van der Waals surface area contributed by atoms with Gasteiger partial charge in [-0.25, -0.2) is 0 Å². The highest BCUT2D eigenvalue weighted by Crippen LogP contribution is 2.12. The first-order valence-corrected chi connectivity index (χ1v) is 6.00. The van der Waals surface area contributed by atoms with Crippen LogP contribution in [0, 0.1) is 13.8 Å². The molecule has 0 aliphatic carbocycles. The maximum Gasteiger partial charge on any atom is 0.255 e. The molecule has 0 aromatic heterocycles. The predicted molar refractivity (Wildman–Crippen MR) is 67.8 cm³/mol. The number of morpholine rings is 1. The number of ketones is 1. The minimum absolute atomic E-state index is 0.147. The average molecular weight is 261 g/mol. The summed E-state index contributed by atoms with van der Waals surface area (Å²) in [4.78, 5) is 36.1. The third-order valence-electron chi connectivity index (χ3n) is 3.18. The Balaban J connectivity index is 2.14. The van der Waals surface area contributed by atoms with E-state index in [1.165, 1.54) is 0 Å². The standard InChI is InChI=1S/C14H15NO4/c1-9-3-4-11(5-10(9)2)12(16)6-15-13(17)7-19-8-14(15)18/h3-5H,6-8H2,1-2H3. The van der Waals surface area contributed by atoms with E-state index in [0.717, 1.165) is 16.0 Å². The minimum Gasteiger partial charge on any atom is -0.362 e. The van der Waals surface area contributed by atoms with E-state index in [2.05, 4.69) is 0 Å². The Morgan fingerprint density at radius 3 is 2.37 bits per heavy atom. The van der Waals surface area contributed by atoms with Gasteiger partial charge in [0.05, 0.1) is 6.54 Å². The van der Waals surface area contributed by atoms with Gasteiger partial charge in [-0.3, -0.25) is 19.3 Å². The lowest BCUT2D eigenvalue weighted by molar-refractivity contribution is -0.157. The van der Waals surface area contributed by atoms with Crippen molar-refractivity contribution in [2.24, 2.45) is 0 Å². The van der Waals surface area contributed by atoms with Gasteiger partial charge in [0.2, 0.25) is 0 Å². The molecule has 19 heavy (non-hydrogen) atoms. The molecule has 1 saturated heterocycles. The zero-order chi connectivity index (χ0) is 14.0. The molecule has 0 bridgehead atoms. The number of amides is 2. The zero-order valence-electron chi connectivity index (χ0n) is 10.9. The summed E-state index contributed by atoms with van der Waals surface area (Å²) in [5, 5.41) is 0. The molecule has 1 fully saturated rings. The Hall–Kier alpha value is -2.01. The Morgan fingerprint density at radius 2 is 1.79 bits per heavy atom. The summed E-state index contributed by atoms with van der Waals surface area (Å²) >= 11 is 0. The second kappa shape index (κ2) is 5.32. The van der Waals surface area contributed by atoms with Gasteiger partial charge in [-0.1, -0.05) is 12.1 Å². The first-order chi connectivity index (χ1) is 8.99. The summed E-state index contributed by atoms with van der Waals surface area (Å²) < 4.78 is 4.79. The van der Waals surface area contributed by atoms with Crippen LogP contribution in [-0.2, 0) is 14.3 Å². The van der Waals surface area contributed by atoms with Gasteiger partial charge in [-0.2, -0.15) is 0 Å². The highest BCUT2D eigenvalue weighted by atomic mass is 16.5. The van der Waals surface area contributed by atoms with Crippen LogP contribution in [0.1, 0.15) is 21.5 Å². The van der Waals surface area contributed by atoms with Crippen molar-refractivity contribution in [1.82, 2.24) is 4.90 Å². The maximum atomic E-state index is 12.1. The molecular weight excluding hydrogens is 246 g/mol. The van der Waals surface area contributed by atoms with E-state index >= 15 is 0 Å². The summed E-state index contributed by atoms with van der Waals surface area (Å²) in [5.41, 5.74) is 2.61. The van der Waals surface area contributed by atoms with Crippen molar-refractivity contribution in [3.8, 4) is 0 Å². The van der Waals surface area contributed by atoms with E-state index in [1.807, 2.05) is 19.9 Å². The topological polar surface area (TPSA) is 63.7 Å². The summed E-state index contributed by atoms with van der Waals surface area (Å²) in [6.45, 7) is 3.36.